The summed E-state index contributed by atoms with van der Waals surface area (Å²) >= 11 is 0. The molecule has 2 aromatic carbocycles. The molecule has 0 aliphatic carbocycles. The number of ether oxygens (including phenoxy) is 3. The first-order valence-electron chi connectivity index (χ1n) is 9.79. The van der Waals surface area contributed by atoms with Gasteiger partial charge in [-0.25, -0.2) is 4.39 Å². The van der Waals surface area contributed by atoms with Crippen molar-refractivity contribution in [3.8, 4) is 17.2 Å². The number of halogens is 4. The third-order valence-corrected chi connectivity index (χ3v) is 4.90. The van der Waals surface area contributed by atoms with Crippen molar-refractivity contribution >= 4 is 22.9 Å². The number of fused-ring (bicyclic) bond motifs is 1. The van der Waals surface area contributed by atoms with E-state index in [-0.39, 0.29) is 24.0 Å². The molecule has 33 heavy (non-hydrogen) atoms. The van der Waals surface area contributed by atoms with Crippen LogP contribution in [0.4, 0.5) is 17.6 Å². The number of hydrogen-bond donors (Lipinski definition) is 1. The third kappa shape index (κ3) is 5.39. The Morgan fingerprint density at radius 3 is 2.27 bits per heavy atom. The van der Waals surface area contributed by atoms with E-state index >= 15 is 0 Å². The molecule has 0 radical (unpaired) electrons. The van der Waals surface area contributed by atoms with Gasteiger partial charge in [-0.2, -0.15) is 13.2 Å². The smallest absolute Gasteiger partial charge is 0.431 e. The topological polar surface area (TPSA) is 61.7 Å². The molecule has 0 saturated heterocycles. The lowest BCUT2D eigenvalue weighted by Crippen LogP contribution is -2.26. The van der Waals surface area contributed by atoms with Gasteiger partial charge in [-0.1, -0.05) is 0 Å². The first-order chi connectivity index (χ1) is 15.7. The molecule has 1 N–H and O–H groups in total. The van der Waals surface area contributed by atoms with Gasteiger partial charge in [-0.05, 0) is 48.0 Å². The molecule has 0 fully saturated rings. The highest BCUT2D eigenvalue weighted by Gasteiger charge is 2.35. The largest absolute Gasteiger partial charge is 0.493 e. The van der Waals surface area contributed by atoms with Gasteiger partial charge in [0.05, 0.1) is 21.3 Å². The molecular weight excluding hydrogens is 444 g/mol. The van der Waals surface area contributed by atoms with Crippen LogP contribution < -0.4 is 19.5 Å². The van der Waals surface area contributed by atoms with Gasteiger partial charge in [-0.3, -0.25) is 4.79 Å². The minimum Gasteiger partial charge on any atom is -0.493 e. The number of alkyl halides is 3. The molecule has 3 rings (SSSR count). The predicted molar refractivity (Wildman–Crippen MR) is 115 cm³/mol. The van der Waals surface area contributed by atoms with Gasteiger partial charge in [0.2, 0.25) is 11.7 Å². The van der Waals surface area contributed by atoms with Crippen molar-refractivity contribution in [3.05, 3.63) is 59.5 Å². The Hall–Kier alpha value is -3.69. The third-order valence-electron chi connectivity index (χ3n) is 4.90. The highest BCUT2D eigenvalue weighted by Crippen LogP contribution is 2.38. The zero-order chi connectivity index (χ0) is 24.2. The van der Waals surface area contributed by atoms with Crippen molar-refractivity contribution in [3.63, 3.8) is 0 Å². The molecule has 0 aliphatic rings. The molecule has 0 spiro atoms. The molecule has 6 nitrogen and oxygen atoms in total. The van der Waals surface area contributed by atoms with Crippen LogP contribution in [0.1, 0.15) is 11.3 Å². The number of nitrogens with zero attached hydrogens (tertiary/aromatic N) is 1. The van der Waals surface area contributed by atoms with Crippen molar-refractivity contribution < 1.29 is 36.6 Å². The first kappa shape index (κ1) is 24.0. The Morgan fingerprint density at radius 1 is 1.03 bits per heavy atom. The summed E-state index contributed by atoms with van der Waals surface area (Å²) in [7, 11) is 4.40. The summed E-state index contributed by atoms with van der Waals surface area (Å²) in [5, 5.41) is 2.69. The maximum absolute atomic E-state index is 13.4. The quantitative estimate of drug-likeness (QED) is 0.388. The minimum absolute atomic E-state index is 0.0668. The number of carbonyl (C=O) groups is 1. The average molecular weight is 466 g/mol. The standard InChI is InChI=1S/C23H22F4N2O4/c1-31-18-10-14(11-19(32-2)22(18)33-3)4-7-21(30)28-8-9-29-17-6-5-16(24)12-15(17)13-20(29)23(25,26)27/h4-7,10-13H,8-9H2,1-3H3,(H,28,30)/b7-4+. The SMILES string of the molecule is COc1cc(/C=C/C(=O)NCCn2c(C(F)(F)F)cc3cc(F)ccc32)cc(OC)c1OC. The van der Waals surface area contributed by atoms with Gasteiger partial charge in [-0.15, -0.1) is 0 Å². The Balaban J connectivity index is 1.72. The molecule has 176 valence electrons. The second-order valence-electron chi connectivity index (χ2n) is 6.97. The highest BCUT2D eigenvalue weighted by atomic mass is 19.4. The van der Waals surface area contributed by atoms with E-state index in [9.17, 15) is 22.4 Å². The van der Waals surface area contributed by atoms with Crippen LogP contribution in [0, 0.1) is 5.82 Å². The zero-order valence-corrected chi connectivity index (χ0v) is 18.1. The normalized spacial score (nSPS) is 11.7. The van der Waals surface area contributed by atoms with Crippen LogP contribution in [0.25, 0.3) is 17.0 Å². The molecule has 10 heteroatoms. The lowest BCUT2D eigenvalue weighted by Gasteiger charge is -2.13. The Kier molecular flexibility index (Phi) is 7.15. The van der Waals surface area contributed by atoms with Crippen molar-refractivity contribution in [2.24, 2.45) is 0 Å². The fourth-order valence-electron chi connectivity index (χ4n) is 3.44. The van der Waals surface area contributed by atoms with E-state index in [4.69, 9.17) is 14.2 Å². The van der Waals surface area contributed by atoms with Gasteiger partial charge in [0, 0.05) is 30.1 Å². The van der Waals surface area contributed by atoms with Crippen molar-refractivity contribution in [2.45, 2.75) is 12.7 Å². The second-order valence-corrected chi connectivity index (χ2v) is 6.97. The number of aromatic nitrogens is 1. The summed E-state index contributed by atoms with van der Waals surface area (Å²) in [4.78, 5) is 12.2. The van der Waals surface area contributed by atoms with E-state index in [0.29, 0.717) is 22.8 Å². The summed E-state index contributed by atoms with van der Waals surface area (Å²) in [5.74, 6) is 0.0966. The Bertz CT molecular complexity index is 1160. The summed E-state index contributed by atoms with van der Waals surface area (Å²) in [6.07, 6.45) is -1.87. The van der Waals surface area contributed by atoms with Gasteiger partial charge in [0.15, 0.2) is 11.5 Å². The van der Waals surface area contributed by atoms with E-state index in [2.05, 4.69) is 5.32 Å². The monoisotopic (exact) mass is 466 g/mol. The van der Waals surface area contributed by atoms with Crippen LogP contribution in [0.15, 0.2) is 42.5 Å². The molecule has 0 unspecified atom stereocenters. The zero-order valence-electron chi connectivity index (χ0n) is 18.1. The van der Waals surface area contributed by atoms with Crippen LogP contribution >= 0.6 is 0 Å². The number of hydrogen-bond acceptors (Lipinski definition) is 4. The number of nitrogens with one attached hydrogen (secondary N) is 1. The van der Waals surface area contributed by atoms with Crippen molar-refractivity contribution in [2.75, 3.05) is 27.9 Å². The molecule has 1 aromatic heterocycles. The molecule has 1 heterocycles. The maximum Gasteiger partial charge on any atom is 0.431 e. The fraction of sp³-hybridized carbons (Fsp3) is 0.261. The Morgan fingerprint density at radius 2 is 1.70 bits per heavy atom. The van der Waals surface area contributed by atoms with Crippen LogP contribution in [0.5, 0.6) is 17.2 Å². The molecule has 0 saturated carbocycles. The summed E-state index contributed by atoms with van der Waals surface area (Å²) in [5.41, 5.74) is -0.0892. The number of benzene rings is 2. The number of rotatable bonds is 8. The van der Waals surface area contributed by atoms with Crippen LogP contribution in [-0.4, -0.2) is 38.3 Å². The van der Waals surface area contributed by atoms with Crippen LogP contribution in [0.2, 0.25) is 0 Å². The molecule has 0 atom stereocenters. The molecular formula is C23H22F4N2O4. The van der Waals surface area contributed by atoms with Crippen LogP contribution in [0.3, 0.4) is 0 Å². The second kappa shape index (κ2) is 9.85. The number of amides is 1. The van der Waals surface area contributed by atoms with Crippen molar-refractivity contribution in [1.29, 1.82) is 0 Å². The van der Waals surface area contributed by atoms with E-state index in [1.807, 2.05) is 0 Å². The molecule has 0 aliphatic heterocycles. The fourth-order valence-corrected chi connectivity index (χ4v) is 3.44. The molecule has 1 amide bonds. The average Bonchev–Trinajstić information content (AvgIpc) is 3.14. The Labute approximate surface area is 187 Å². The van der Waals surface area contributed by atoms with Gasteiger partial charge < -0.3 is 24.1 Å². The summed E-state index contributed by atoms with van der Waals surface area (Å²) in [6, 6.07) is 7.60. The van der Waals surface area contributed by atoms with Gasteiger partial charge in [0.25, 0.3) is 0 Å². The van der Waals surface area contributed by atoms with E-state index in [0.717, 1.165) is 22.8 Å². The number of carbonyl (C=O) groups excluding carboxylic acids is 1. The van der Waals surface area contributed by atoms with Crippen LogP contribution in [-0.2, 0) is 17.5 Å². The highest BCUT2D eigenvalue weighted by molar-refractivity contribution is 5.92. The molecule has 0 bridgehead atoms. The van der Waals surface area contributed by atoms with E-state index in [1.54, 1.807) is 12.1 Å². The summed E-state index contributed by atoms with van der Waals surface area (Å²) < 4.78 is 70.4. The minimum atomic E-state index is -4.62. The van der Waals surface area contributed by atoms with E-state index < -0.39 is 23.6 Å². The van der Waals surface area contributed by atoms with E-state index in [1.165, 1.54) is 39.5 Å². The lowest BCUT2D eigenvalue weighted by molar-refractivity contribution is -0.143. The predicted octanol–water partition coefficient (Wildman–Crippen LogP) is 4.65. The molecule has 3 aromatic rings. The lowest BCUT2D eigenvalue weighted by atomic mass is 10.1. The van der Waals surface area contributed by atoms with Crippen molar-refractivity contribution in [1.82, 2.24) is 9.88 Å². The summed E-state index contributed by atoms with van der Waals surface area (Å²) in [6.45, 7) is -0.212. The first-order valence-corrected chi connectivity index (χ1v) is 9.79. The van der Waals surface area contributed by atoms with Gasteiger partial charge >= 0.3 is 6.18 Å². The number of methoxy groups -OCH3 is 3. The van der Waals surface area contributed by atoms with Gasteiger partial charge in [0.1, 0.15) is 11.5 Å². The maximum atomic E-state index is 13.4.